The molecule has 0 fully saturated rings. The first-order valence-electron chi connectivity index (χ1n) is 43.9. The van der Waals surface area contributed by atoms with Crippen molar-refractivity contribution in [3.05, 3.63) is 0 Å². The van der Waals surface area contributed by atoms with Crippen molar-refractivity contribution in [2.24, 2.45) is 17.8 Å². The van der Waals surface area contributed by atoms with Crippen molar-refractivity contribution in [3.8, 4) is 0 Å². The predicted molar refractivity (Wildman–Crippen MR) is 428 cm³/mol. The minimum atomic E-state index is -4.97. The number of unbranched alkanes of at least 4 members (excludes halogenated alkanes) is 50. The maximum Gasteiger partial charge on any atom is 0.472 e. The normalized spacial score (nSPS) is 14.2. The molecule has 0 aliphatic heterocycles. The quantitative estimate of drug-likeness (QED) is 0.0222. The zero-order valence-corrected chi connectivity index (χ0v) is 70.3. The van der Waals surface area contributed by atoms with Crippen molar-refractivity contribution in [2.75, 3.05) is 39.6 Å². The highest BCUT2D eigenvalue weighted by atomic mass is 31.2. The molecule has 0 amide bonds. The second-order valence-electron chi connectivity index (χ2n) is 31.8. The van der Waals surface area contributed by atoms with Gasteiger partial charge in [-0.25, -0.2) is 9.13 Å². The Bertz CT molecular complexity index is 2010. The van der Waals surface area contributed by atoms with E-state index in [-0.39, 0.29) is 25.7 Å². The molecule has 0 aromatic rings. The van der Waals surface area contributed by atoms with E-state index in [9.17, 15) is 43.2 Å². The summed E-state index contributed by atoms with van der Waals surface area (Å²) in [4.78, 5) is 73.2. The number of esters is 4. The Morgan fingerprint density at radius 1 is 0.279 bits per heavy atom. The number of rotatable bonds is 83. The lowest BCUT2D eigenvalue weighted by Gasteiger charge is -2.21. The number of carbonyl (C=O) groups excluding carboxylic acids is 4. The highest BCUT2D eigenvalue weighted by Gasteiger charge is 2.30. The summed E-state index contributed by atoms with van der Waals surface area (Å²) in [6.07, 6.45) is 65.3. The summed E-state index contributed by atoms with van der Waals surface area (Å²) in [5.74, 6) is 0.233. The molecular formula is C85H166O17P2. The Kier molecular flexibility index (Phi) is 73.7. The van der Waals surface area contributed by atoms with E-state index in [2.05, 4.69) is 48.5 Å². The summed E-state index contributed by atoms with van der Waals surface area (Å²) in [5, 5.41) is 10.7. The maximum absolute atomic E-state index is 13.1. The van der Waals surface area contributed by atoms with Crippen LogP contribution in [0.15, 0.2) is 0 Å². The van der Waals surface area contributed by atoms with Gasteiger partial charge in [0.05, 0.1) is 26.4 Å². The van der Waals surface area contributed by atoms with Gasteiger partial charge in [0.15, 0.2) is 12.2 Å². The third-order valence-corrected chi connectivity index (χ3v) is 22.1. The fourth-order valence-corrected chi connectivity index (χ4v) is 14.7. The molecule has 0 aliphatic rings. The number of phosphoric ester groups is 2. The smallest absolute Gasteiger partial charge is 0.462 e. The Balaban J connectivity index is 5.24. The van der Waals surface area contributed by atoms with Gasteiger partial charge in [-0.2, -0.15) is 0 Å². The molecule has 0 spiro atoms. The topological polar surface area (TPSA) is 237 Å². The molecule has 0 rings (SSSR count). The van der Waals surface area contributed by atoms with Crippen LogP contribution in [-0.4, -0.2) is 96.7 Å². The average Bonchev–Trinajstić information content (AvgIpc) is 0.910. The van der Waals surface area contributed by atoms with Gasteiger partial charge in [0, 0.05) is 25.7 Å². The molecule has 0 heterocycles. The number of hydrogen-bond acceptors (Lipinski definition) is 15. The summed E-state index contributed by atoms with van der Waals surface area (Å²) in [6.45, 7) is 12.0. The SMILES string of the molecule is CCCCCCCCCCCCCCCCCCCCC(=O)O[C@H](COC(=O)CCCCCCCCC(C)CC)COP(=O)(O)OC[C@H](O)COP(=O)(O)OC[C@@H](COC(=O)CCCCCCCCCCCCCCCCCC(C)C)OC(=O)CCCCCCCCCCCCCCCCCC(C)C. The first-order chi connectivity index (χ1) is 50.3. The molecule has 0 aromatic carbocycles. The average molecular weight is 1520 g/mol. The Labute approximate surface area is 638 Å². The molecule has 3 N–H and O–H groups in total. The van der Waals surface area contributed by atoms with Gasteiger partial charge in [-0.05, 0) is 43.4 Å². The second kappa shape index (κ2) is 75.1. The molecule has 6 atom stereocenters. The summed E-state index contributed by atoms with van der Waals surface area (Å²) in [6, 6.07) is 0. The van der Waals surface area contributed by atoms with Crippen LogP contribution in [0.5, 0.6) is 0 Å². The first-order valence-corrected chi connectivity index (χ1v) is 46.9. The number of carbonyl (C=O) groups is 4. The van der Waals surface area contributed by atoms with Gasteiger partial charge in [-0.1, -0.05) is 395 Å². The maximum atomic E-state index is 13.1. The third kappa shape index (κ3) is 76.8. The van der Waals surface area contributed by atoms with E-state index < -0.39 is 97.5 Å². The lowest BCUT2D eigenvalue weighted by Crippen LogP contribution is -2.30. The van der Waals surface area contributed by atoms with Gasteiger partial charge in [-0.3, -0.25) is 37.3 Å². The molecule has 104 heavy (non-hydrogen) atoms. The molecule has 3 unspecified atom stereocenters. The highest BCUT2D eigenvalue weighted by Crippen LogP contribution is 2.45. The molecule has 19 heteroatoms. The van der Waals surface area contributed by atoms with E-state index >= 15 is 0 Å². The molecule has 0 aliphatic carbocycles. The molecule has 17 nitrogen and oxygen atoms in total. The monoisotopic (exact) mass is 1520 g/mol. The van der Waals surface area contributed by atoms with Gasteiger partial charge in [0.2, 0.25) is 0 Å². The van der Waals surface area contributed by atoms with E-state index in [0.29, 0.717) is 25.7 Å². The van der Waals surface area contributed by atoms with E-state index in [1.54, 1.807) is 0 Å². The molecule has 618 valence electrons. The third-order valence-electron chi connectivity index (χ3n) is 20.2. The van der Waals surface area contributed by atoms with Crippen molar-refractivity contribution in [2.45, 2.75) is 465 Å². The van der Waals surface area contributed by atoms with Crippen LogP contribution < -0.4 is 0 Å². The summed E-state index contributed by atoms with van der Waals surface area (Å²) >= 11 is 0. The van der Waals surface area contributed by atoms with Crippen LogP contribution in [-0.2, 0) is 65.4 Å². The van der Waals surface area contributed by atoms with Crippen LogP contribution in [0.4, 0.5) is 0 Å². The van der Waals surface area contributed by atoms with Crippen LogP contribution in [0.1, 0.15) is 447 Å². The Morgan fingerprint density at radius 2 is 0.490 bits per heavy atom. The number of ether oxygens (including phenoxy) is 4. The van der Waals surface area contributed by atoms with Crippen LogP contribution in [0.25, 0.3) is 0 Å². The number of aliphatic hydroxyl groups excluding tert-OH is 1. The van der Waals surface area contributed by atoms with E-state index in [4.69, 9.17) is 37.0 Å². The van der Waals surface area contributed by atoms with Crippen LogP contribution in [0.2, 0.25) is 0 Å². The lowest BCUT2D eigenvalue weighted by molar-refractivity contribution is -0.161. The minimum Gasteiger partial charge on any atom is -0.462 e. The van der Waals surface area contributed by atoms with Crippen molar-refractivity contribution in [1.82, 2.24) is 0 Å². The zero-order chi connectivity index (χ0) is 76.5. The van der Waals surface area contributed by atoms with Gasteiger partial charge in [-0.15, -0.1) is 0 Å². The molecule has 0 bridgehead atoms. The highest BCUT2D eigenvalue weighted by molar-refractivity contribution is 7.47. The predicted octanol–water partition coefficient (Wildman–Crippen LogP) is 25.7. The molecule has 0 saturated heterocycles. The Morgan fingerprint density at radius 3 is 0.731 bits per heavy atom. The van der Waals surface area contributed by atoms with E-state index in [0.717, 1.165) is 114 Å². The van der Waals surface area contributed by atoms with Gasteiger partial charge >= 0.3 is 39.5 Å². The van der Waals surface area contributed by atoms with Gasteiger partial charge < -0.3 is 33.8 Å². The van der Waals surface area contributed by atoms with Crippen molar-refractivity contribution >= 4 is 39.5 Å². The Hall–Kier alpha value is -1.94. The summed E-state index contributed by atoms with van der Waals surface area (Å²) in [7, 11) is -9.93. The van der Waals surface area contributed by atoms with Crippen LogP contribution >= 0.6 is 15.6 Å². The van der Waals surface area contributed by atoms with Crippen molar-refractivity contribution in [1.29, 1.82) is 0 Å². The van der Waals surface area contributed by atoms with Crippen LogP contribution in [0, 0.1) is 17.8 Å². The number of aliphatic hydroxyl groups is 1. The fourth-order valence-electron chi connectivity index (χ4n) is 13.2. The molecular weight excluding hydrogens is 1350 g/mol. The van der Waals surface area contributed by atoms with Crippen molar-refractivity contribution in [3.63, 3.8) is 0 Å². The molecule has 0 aromatic heterocycles. The summed E-state index contributed by atoms with van der Waals surface area (Å²) in [5.41, 5.74) is 0. The van der Waals surface area contributed by atoms with E-state index in [1.807, 2.05) is 0 Å². The largest absolute Gasteiger partial charge is 0.472 e. The summed E-state index contributed by atoms with van der Waals surface area (Å²) < 4.78 is 68.9. The van der Waals surface area contributed by atoms with Crippen molar-refractivity contribution < 1.29 is 80.2 Å². The zero-order valence-electron chi connectivity index (χ0n) is 68.5. The van der Waals surface area contributed by atoms with Gasteiger partial charge in [0.1, 0.15) is 19.3 Å². The minimum absolute atomic E-state index is 0.108. The standard InChI is InChI=1S/C85H166O17P2/c1-8-10-11-12-13-14-15-16-17-18-19-24-30-35-40-45-54-61-69-85(90)102-81(73-96-83(88)67-60-53-48-47-51-58-65-78(7)9-2)75-100-104(93,94)98-71-79(86)70-97-103(91,92)99-74-80(101-84(89)68-62-55-46-41-36-31-26-21-23-28-33-38-43-50-57-64-77(5)6)72-95-82(87)66-59-52-44-39-34-29-25-20-22-27-32-37-42-49-56-63-76(3)4/h76-81,86H,8-75H2,1-7H3,(H,91,92)(H,93,94)/t78?,79-,80-,81-/m1/s1. The lowest BCUT2D eigenvalue weighted by atomic mass is 10.00. The van der Waals surface area contributed by atoms with Gasteiger partial charge in [0.25, 0.3) is 0 Å². The fraction of sp³-hybridized carbons (Fsp3) is 0.953. The molecule has 0 saturated carbocycles. The second-order valence-corrected chi connectivity index (χ2v) is 34.7. The van der Waals surface area contributed by atoms with Crippen LogP contribution in [0.3, 0.4) is 0 Å². The first kappa shape index (κ1) is 102. The number of hydrogen-bond donors (Lipinski definition) is 3. The molecule has 0 radical (unpaired) electrons. The van der Waals surface area contributed by atoms with E-state index in [1.165, 1.54) is 250 Å². The number of phosphoric acid groups is 2.